The van der Waals surface area contributed by atoms with Gasteiger partial charge in [0.15, 0.2) is 5.03 Å². The molecule has 1 aromatic carbocycles. The molecule has 2 heterocycles. The number of nitrogens with zero attached hydrogens (tertiary/aromatic N) is 3. The van der Waals surface area contributed by atoms with Crippen molar-refractivity contribution in [3.63, 3.8) is 0 Å². The highest BCUT2D eigenvalue weighted by Crippen LogP contribution is 2.56. The first-order chi connectivity index (χ1) is 11.4. The van der Waals surface area contributed by atoms with Gasteiger partial charge in [0.2, 0.25) is 0 Å². The summed E-state index contributed by atoms with van der Waals surface area (Å²) >= 11 is 0. The Morgan fingerprint density at radius 2 is 1.83 bits per heavy atom. The van der Waals surface area contributed by atoms with E-state index in [-0.39, 0.29) is 16.5 Å². The standard InChI is InChI=1S/C18H23N3O2S/c1-14(2)20-10-17(19-13-20)24(22,23)21-11-18(12-21)8-16(9-18)15-6-4-3-5-7-15/h3-7,10,13-14,16H,8-9,11-12H2,1-2H3. The van der Waals surface area contributed by atoms with E-state index >= 15 is 0 Å². The third-order valence-corrected chi connectivity index (χ3v) is 7.11. The van der Waals surface area contributed by atoms with Gasteiger partial charge in [-0.25, -0.2) is 13.4 Å². The second-order valence-corrected chi connectivity index (χ2v) is 9.43. The maximum atomic E-state index is 12.7. The molecule has 4 rings (SSSR count). The smallest absolute Gasteiger partial charge is 0.262 e. The molecule has 1 aliphatic heterocycles. The number of aromatic nitrogens is 2. The van der Waals surface area contributed by atoms with Gasteiger partial charge < -0.3 is 4.57 Å². The summed E-state index contributed by atoms with van der Waals surface area (Å²) in [6.07, 6.45) is 5.41. The molecule has 2 aliphatic rings. The van der Waals surface area contributed by atoms with Gasteiger partial charge in [-0.15, -0.1) is 0 Å². The molecule has 1 spiro atoms. The molecule has 1 saturated heterocycles. The summed E-state index contributed by atoms with van der Waals surface area (Å²) in [4.78, 5) is 4.10. The van der Waals surface area contributed by atoms with E-state index in [9.17, 15) is 8.42 Å². The van der Waals surface area contributed by atoms with Crippen molar-refractivity contribution in [1.82, 2.24) is 13.9 Å². The van der Waals surface area contributed by atoms with Gasteiger partial charge in [-0.2, -0.15) is 4.31 Å². The zero-order valence-electron chi connectivity index (χ0n) is 14.1. The first kappa shape index (κ1) is 15.8. The Morgan fingerprint density at radius 3 is 2.42 bits per heavy atom. The maximum absolute atomic E-state index is 12.7. The summed E-state index contributed by atoms with van der Waals surface area (Å²) < 4.78 is 28.8. The van der Waals surface area contributed by atoms with Gasteiger partial charge in [0, 0.05) is 25.3 Å². The van der Waals surface area contributed by atoms with Crippen molar-refractivity contribution in [2.24, 2.45) is 5.41 Å². The van der Waals surface area contributed by atoms with E-state index < -0.39 is 10.0 Å². The first-order valence-corrected chi connectivity index (χ1v) is 9.92. The minimum Gasteiger partial charge on any atom is -0.334 e. The molecule has 5 nitrogen and oxygen atoms in total. The number of sulfonamides is 1. The van der Waals surface area contributed by atoms with Gasteiger partial charge in [-0.1, -0.05) is 30.3 Å². The molecule has 1 aromatic heterocycles. The molecular weight excluding hydrogens is 322 g/mol. The van der Waals surface area contributed by atoms with Crippen LogP contribution in [0.2, 0.25) is 0 Å². The zero-order valence-corrected chi connectivity index (χ0v) is 14.9. The molecule has 0 N–H and O–H groups in total. The summed E-state index contributed by atoms with van der Waals surface area (Å²) in [6, 6.07) is 10.7. The van der Waals surface area contributed by atoms with Crippen LogP contribution in [0.5, 0.6) is 0 Å². The summed E-state index contributed by atoms with van der Waals surface area (Å²) in [5.74, 6) is 0.580. The molecule has 0 bridgehead atoms. The lowest BCUT2D eigenvalue weighted by atomic mass is 9.57. The molecule has 1 aliphatic carbocycles. The third-order valence-electron chi connectivity index (χ3n) is 5.43. The van der Waals surface area contributed by atoms with Crippen LogP contribution in [0.1, 0.15) is 44.2 Å². The zero-order chi connectivity index (χ0) is 16.9. The Balaban J connectivity index is 1.40. The third kappa shape index (κ3) is 2.48. The fourth-order valence-electron chi connectivity index (χ4n) is 3.94. The van der Waals surface area contributed by atoms with Crippen LogP contribution in [-0.4, -0.2) is 35.4 Å². The Morgan fingerprint density at radius 1 is 1.17 bits per heavy atom. The lowest BCUT2D eigenvalue weighted by Crippen LogP contribution is -2.63. The average Bonchev–Trinajstić information content (AvgIpc) is 2.96. The Hall–Kier alpha value is -1.66. The maximum Gasteiger partial charge on any atom is 0.262 e. The molecule has 0 amide bonds. The van der Waals surface area contributed by atoms with Crippen molar-refractivity contribution < 1.29 is 8.42 Å². The van der Waals surface area contributed by atoms with Gasteiger partial charge >= 0.3 is 0 Å². The Bertz CT molecular complexity index is 828. The summed E-state index contributed by atoms with van der Waals surface area (Å²) in [5.41, 5.74) is 1.56. The van der Waals surface area contributed by atoms with Crippen molar-refractivity contribution in [3.05, 3.63) is 48.4 Å². The SMILES string of the molecule is CC(C)n1cnc(S(=O)(=O)N2CC3(CC(c4ccccc4)C3)C2)c1. The quantitative estimate of drug-likeness (QED) is 0.856. The molecule has 2 fully saturated rings. The van der Waals surface area contributed by atoms with Crippen LogP contribution in [0, 0.1) is 5.41 Å². The molecule has 0 unspecified atom stereocenters. The lowest BCUT2D eigenvalue weighted by Gasteiger charge is -2.58. The van der Waals surface area contributed by atoms with E-state index in [1.54, 1.807) is 16.8 Å². The summed E-state index contributed by atoms with van der Waals surface area (Å²) in [6.45, 7) is 5.28. The molecular formula is C18H23N3O2S. The summed E-state index contributed by atoms with van der Waals surface area (Å²) in [5, 5.41) is 0.171. The van der Waals surface area contributed by atoms with E-state index in [0.29, 0.717) is 19.0 Å². The highest BCUT2D eigenvalue weighted by molar-refractivity contribution is 7.89. The topological polar surface area (TPSA) is 55.2 Å². The van der Waals surface area contributed by atoms with Gasteiger partial charge in [-0.05, 0) is 43.6 Å². The molecule has 2 aromatic rings. The molecule has 128 valence electrons. The minimum atomic E-state index is -3.44. The van der Waals surface area contributed by atoms with E-state index in [0.717, 1.165) is 12.8 Å². The number of hydrogen-bond donors (Lipinski definition) is 0. The van der Waals surface area contributed by atoms with E-state index in [1.807, 2.05) is 24.5 Å². The van der Waals surface area contributed by atoms with Crippen LogP contribution in [0.15, 0.2) is 47.9 Å². The summed E-state index contributed by atoms with van der Waals surface area (Å²) in [7, 11) is -3.44. The van der Waals surface area contributed by atoms with Gasteiger partial charge in [0.1, 0.15) is 0 Å². The largest absolute Gasteiger partial charge is 0.334 e. The predicted molar refractivity (Wildman–Crippen MR) is 92.2 cm³/mol. The Kier molecular flexibility index (Phi) is 3.58. The second kappa shape index (κ2) is 5.43. The molecule has 0 atom stereocenters. The van der Waals surface area contributed by atoms with E-state index in [1.165, 1.54) is 5.56 Å². The number of hydrogen-bond acceptors (Lipinski definition) is 3. The first-order valence-electron chi connectivity index (χ1n) is 8.48. The second-order valence-electron chi connectivity index (χ2n) is 7.54. The molecule has 1 saturated carbocycles. The van der Waals surface area contributed by atoms with Gasteiger partial charge in [-0.3, -0.25) is 0 Å². The van der Waals surface area contributed by atoms with Crippen molar-refractivity contribution in [1.29, 1.82) is 0 Å². The van der Waals surface area contributed by atoms with Crippen LogP contribution in [0.25, 0.3) is 0 Å². The number of rotatable bonds is 4. The average molecular weight is 345 g/mol. The fourth-order valence-corrected chi connectivity index (χ4v) is 5.53. The highest BCUT2D eigenvalue weighted by atomic mass is 32.2. The molecule has 6 heteroatoms. The van der Waals surface area contributed by atoms with Crippen LogP contribution in [-0.2, 0) is 10.0 Å². The number of imidazole rings is 1. The lowest BCUT2D eigenvalue weighted by molar-refractivity contribution is -0.0256. The predicted octanol–water partition coefficient (Wildman–Crippen LogP) is 3.03. The van der Waals surface area contributed by atoms with Gasteiger partial charge in [0.05, 0.1) is 6.33 Å². The normalized spacial score (nSPS) is 21.0. The Labute approximate surface area is 143 Å². The van der Waals surface area contributed by atoms with Crippen LogP contribution in [0.3, 0.4) is 0 Å². The van der Waals surface area contributed by atoms with Crippen LogP contribution >= 0.6 is 0 Å². The minimum absolute atomic E-state index is 0.171. The van der Waals surface area contributed by atoms with Crippen molar-refractivity contribution in [2.45, 2.75) is 43.7 Å². The monoisotopic (exact) mass is 345 g/mol. The van der Waals surface area contributed by atoms with Gasteiger partial charge in [0.25, 0.3) is 10.0 Å². The van der Waals surface area contributed by atoms with E-state index in [2.05, 4.69) is 29.2 Å². The fraction of sp³-hybridized carbons (Fsp3) is 0.500. The van der Waals surface area contributed by atoms with Crippen molar-refractivity contribution in [3.8, 4) is 0 Å². The van der Waals surface area contributed by atoms with E-state index in [4.69, 9.17) is 0 Å². The van der Waals surface area contributed by atoms with Crippen molar-refractivity contribution >= 4 is 10.0 Å². The number of benzene rings is 1. The molecule has 24 heavy (non-hydrogen) atoms. The van der Waals surface area contributed by atoms with Crippen LogP contribution < -0.4 is 0 Å². The van der Waals surface area contributed by atoms with Crippen molar-refractivity contribution in [2.75, 3.05) is 13.1 Å². The molecule has 0 radical (unpaired) electrons. The van der Waals surface area contributed by atoms with Crippen LogP contribution in [0.4, 0.5) is 0 Å². The highest BCUT2D eigenvalue weighted by Gasteiger charge is 2.56.